The predicted molar refractivity (Wildman–Crippen MR) is 132 cm³/mol. The van der Waals surface area contributed by atoms with Crippen LogP contribution in [0.25, 0.3) is 33.1 Å². The highest BCUT2D eigenvalue weighted by molar-refractivity contribution is 5.99. The van der Waals surface area contributed by atoms with E-state index in [1.165, 1.54) is 51.1 Å². The molecule has 0 saturated heterocycles. The van der Waals surface area contributed by atoms with Gasteiger partial charge < -0.3 is 20.4 Å². The van der Waals surface area contributed by atoms with E-state index in [0.29, 0.717) is 11.6 Å². The van der Waals surface area contributed by atoms with Gasteiger partial charge in [-0.3, -0.25) is 9.78 Å². The van der Waals surface area contributed by atoms with Crippen molar-refractivity contribution in [3.63, 3.8) is 0 Å². The highest BCUT2D eigenvalue weighted by Crippen LogP contribution is 2.33. The van der Waals surface area contributed by atoms with Crippen LogP contribution in [0.3, 0.4) is 0 Å². The van der Waals surface area contributed by atoms with Crippen molar-refractivity contribution in [2.24, 2.45) is 12.8 Å². The van der Waals surface area contributed by atoms with Gasteiger partial charge in [-0.05, 0) is 61.9 Å². The Bertz CT molecular complexity index is 1330. The molecule has 2 heterocycles. The van der Waals surface area contributed by atoms with Crippen molar-refractivity contribution in [1.82, 2.24) is 14.5 Å². The molecule has 33 heavy (non-hydrogen) atoms. The lowest BCUT2D eigenvalue weighted by Gasteiger charge is -2.16. The number of rotatable bonds is 4. The Morgan fingerprint density at radius 1 is 1.09 bits per heavy atom. The van der Waals surface area contributed by atoms with Crippen LogP contribution < -0.4 is 11.1 Å². The third-order valence-electron chi connectivity index (χ3n) is 5.83. The molecule has 1 fully saturated rings. The minimum atomic E-state index is -0.573. The molecule has 170 valence electrons. The zero-order valence-electron chi connectivity index (χ0n) is 19.3. The summed E-state index contributed by atoms with van der Waals surface area (Å²) in [4.78, 5) is 30.2. The number of nitrogens with zero attached hydrogens (tertiary/aromatic N) is 3. The highest BCUT2D eigenvalue weighted by Gasteiger charge is 2.17. The smallest absolute Gasteiger partial charge is 0.268 e. The molecule has 0 spiro atoms. The Kier molecular flexibility index (Phi) is 6.40. The van der Waals surface area contributed by atoms with Crippen molar-refractivity contribution in [3.05, 3.63) is 54.5 Å². The molecular weight excluding hydrogens is 414 g/mol. The number of ketones is 1. The van der Waals surface area contributed by atoms with E-state index >= 15 is 0 Å². The Labute approximate surface area is 193 Å². The fourth-order valence-corrected chi connectivity index (χ4v) is 4.27. The summed E-state index contributed by atoms with van der Waals surface area (Å²) in [7, 11) is 2.04. The van der Waals surface area contributed by atoms with Gasteiger partial charge >= 0.3 is 0 Å². The van der Waals surface area contributed by atoms with Crippen LogP contribution in [-0.4, -0.2) is 32.3 Å². The zero-order chi connectivity index (χ0) is 23.5. The van der Waals surface area contributed by atoms with Gasteiger partial charge in [0.05, 0.1) is 17.2 Å². The molecule has 7 heteroatoms. The number of nitrogens with one attached hydrogen (secondary N) is 1. The van der Waals surface area contributed by atoms with Crippen LogP contribution in [0, 0.1) is 0 Å². The summed E-state index contributed by atoms with van der Waals surface area (Å²) < 4.78 is 2.10. The van der Waals surface area contributed by atoms with Crippen molar-refractivity contribution < 1.29 is 9.59 Å². The molecule has 1 aliphatic rings. The zero-order valence-corrected chi connectivity index (χ0v) is 19.3. The van der Waals surface area contributed by atoms with Gasteiger partial charge in [-0.15, -0.1) is 0 Å². The molecule has 1 saturated carbocycles. The van der Waals surface area contributed by atoms with Crippen LogP contribution in [-0.2, 0) is 11.8 Å². The summed E-state index contributed by atoms with van der Waals surface area (Å²) >= 11 is 0. The van der Waals surface area contributed by atoms with E-state index in [9.17, 15) is 9.59 Å². The van der Waals surface area contributed by atoms with Crippen LogP contribution in [0.2, 0.25) is 0 Å². The van der Waals surface area contributed by atoms with Crippen LogP contribution in [0.4, 0.5) is 5.69 Å². The first kappa shape index (κ1) is 22.5. The summed E-state index contributed by atoms with van der Waals surface area (Å²) in [6.07, 6.45) is 8.42. The summed E-state index contributed by atoms with van der Waals surface area (Å²) in [5.41, 5.74) is 11.2. The second-order valence-corrected chi connectivity index (χ2v) is 8.75. The second-order valence-electron chi connectivity index (χ2n) is 8.75. The lowest BCUT2D eigenvalue weighted by atomic mass is 10.0. The Hall–Kier alpha value is -3.74. The van der Waals surface area contributed by atoms with E-state index in [4.69, 9.17) is 5.73 Å². The van der Waals surface area contributed by atoms with Gasteiger partial charge in [0.25, 0.3) is 5.91 Å². The van der Waals surface area contributed by atoms with E-state index in [0.717, 1.165) is 27.8 Å². The maximum absolute atomic E-state index is 11.7. The number of carbonyl (C=O) groups excluding carboxylic acids is 2. The summed E-state index contributed by atoms with van der Waals surface area (Å²) in [6.45, 7) is 3.06. The number of Topliss-reactive ketones (excluding diaryl/α,β-unsaturated/α-hetero) is 1. The van der Waals surface area contributed by atoms with Crippen molar-refractivity contribution in [2.75, 3.05) is 5.32 Å². The predicted octanol–water partition coefficient (Wildman–Crippen LogP) is 4.84. The Balaban J connectivity index is 0.000000601. The van der Waals surface area contributed by atoms with E-state index in [2.05, 4.69) is 56.4 Å². The minimum Gasteiger partial charge on any atom is -0.382 e. The summed E-state index contributed by atoms with van der Waals surface area (Å²) in [5, 5.41) is 4.84. The Morgan fingerprint density at radius 2 is 1.82 bits per heavy atom. The second kappa shape index (κ2) is 9.40. The number of hydrogen-bond acceptors (Lipinski definition) is 5. The van der Waals surface area contributed by atoms with Crippen LogP contribution in [0.1, 0.15) is 50.0 Å². The third-order valence-corrected chi connectivity index (χ3v) is 5.83. The van der Waals surface area contributed by atoms with Crippen molar-refractivity contribution in [1.29, 1.82) is 0 Å². The molecule has 1 aliphatic carbocycles. The largest absolute Gasteiger partial charge is 0.382 e. The molecule has 0 unspecified atom stereocenters. The van der Waals surface area contributed by atoms with Gasteiger partial charge in [0.2, 0.25) is 0 Å². The monoisotopic (exact) mass is 443 g/mol. The topological polar surface area (TPSA) is 103 Å². The van der Waals surface area contributed by atoms with E-state index in [-0.39, 0.29) is 11.5 Å². The molecule has 0 radical (unpaired) electrons. The molecule has 0 atom stereocenters. The molecule has 0 aliphatic heterocycles. The van der Waals surface area contributed by atoms with Gasteiger partial charge in [0, 0.05) is 36.1 Å². The lowest BCUT2D eigenvalue weighted by molar-refractivity contribution is -0.115. The molecule has 5 rings (SSSR count). The Morgan fingerprint density at radius 3 is 2.52 bits per heavy atom. The summed E-state index contributed by atoms with van der Waals surface area (Å²) in [6, 6.07) is 13.1. The van der Waals surface area contributed by atoms with Crippen molar-refractivity contribution >= 4 is 39.3 Å². The van der Waals surface area contributed by atoms with Crippen molar-refractivity contribution in [2.45, 2.75) is 45.6 Å². The van der Waals surface area contributed by atoms with E-state index in [1.807, 2.05) is 13.1 Å². The number of fused-ring (bicyclic) bond motifs is 2. The van der Waals surface area contributed by atoms with Gasteiger partial charge in [-0.1, -0.05) is 25.0 Å². The number of aromatic nitrogens is 3. The number of benzene rings is 2. The lowest BCUT2D eigenvalue weighted by Crippen LogP contribution is -2.15. The molecule has 7 nitrogen and oxygen atoms in total. The molecular formula is C26H29N5O2. The number of primary amides is 1. The molecule has 2 aromatic carbocycles. The number of carbonyl (C=O) groups is 2. The van der Waals surface area contributed by atoms with Crippen molar-refractivity contribution in [3.8, 4) is 11.1 Å². The number of aryl methyl sites for hydroxylation is 1. The van der Waals surface area contributed by atoms with Crippen LogP contribution >= 0.6 is 0 Å². The van der Waals surface area contributed by atoms with Crippen LogP contribution in [0.5, 0.6) is 0 Å². The molecule has 4 aromatic rings. The van der Waals surface area contributed by atoms with Crippen LogP contribution in [0.15, 0.2) is 48.8 Å². The fourth-order valence-electron chi connectivity index (χ4n) is 4.27. The first-order valence-corrected chi connectivity index (χ1v) is 11.2. The number of nitrogens with two attached hydrogens (primary N) is 1. The number of amides is 1. The van der Waals surface area contributed by atoms with Gasteiger partial charge in [0.1, 0.15) is 11.5 Å². The quantitative estimate of drug-likeness (QED) is 0.470. The SMILES string of the molecule is CC(C)=O.Cn1ccc2ccc(-c3cc(NC4CCCC4)cc4ncc(C(N)=O)nc34)cc21. The third kappa shape index (κ3) is 5.03. The first-order chi connectivity index (χ1) is 15.8. The molecule has 1 amide bonds. The van der Waals surface area contributed by atoms with E-state index < -0.39 is 5.91 Å². The number of anilines is 1. The maximum Gasteiger partial charge on any atom is 0.268 e. The molecule has 0 bridgehead atoms. The van der Waals surface area contributed by atoms with E-state index in [1.54, 1.807) is 0 Å². The maximum atomic E-state index is 11.7. The van der Waals surface area contributed by atoms with Gasteiger partial charge in [0.15, 0.2) is 0 Å². The fraction of sp³-hybridized carbons (Fsp3) is 0.308. The average Bonchev–Trinajstić information content (AvgIpc) is 3.42. The molecule has 2 aromatic heterocycles. The standard InChI is InChI=1S/C23H23N5O.C3H6O/c1-28-9-8-14-6-7-15(10-21(14)28)18-11-17(26-16-4-2-3-5-16)12-19-22(18)27-20(13-25-19)23(24)29;1-3(2)4/h6-13,16,26H,2-5H2,1H3,(H2,24,29);1-2H3. The first-order valence-electron chi connectivity index (χ1n) is 11.2. The average molecular weight is 444 g/mol. The van der Waals surface area contributed by atoms with Gasteiger partial charge in [-0.25, -0.2) is 4.98 Å². The normalized spacial score (nSPS) is 13.7. The molecule has 3 N–H and O–H groups in total. The minimum absolute atomic E-state index is 0.167. The van der Waals surface area contributed by atoms with Gasteiger partial charge in [-0.2, -0.15) is 0 Å². The summed E-state index contributed by atoms with van der Waals surface area (Å²) in [5.74, 6) is -0.406. The number of hydrogen-bond donors (Lipinski definition) is 2. The highest BCUT2D eigenvalue weighted by atomic mass is 16.1.